The molecule has 0 fully saturated rings. The van der Waals surface area contributed by atoms with Crippen LogP contribution in [0.1, 0.15) is 17.0 Å². The molecule has 110 valence electrons. The van der Waals surface area contributed by atoms with Crippen molar-refractivity contribution in [2.24, 2.45) is 0 Å². The van der Waals surface area contributed by atoms with E-state index < -0.39 is 0 Å². The smallest absolute Gasteiger partial charge is 0.241 e. The lowest BCUT2D eigenvalue weighted by Gasteiger charge is -2.27. The molecule has 1 aliphatic rings. The summed E-state index contributed by atoms with van der Waals surface area (Å²) in [6.45, 7) is 2.67. The Morgan fingerprint density at radius 1 is 0.955 bits per heavy atom. The Balaban J connectivity index is 1.48. The molecule has 4 rings (SSSR count). The minimum atomic E-state index is 0.660. The number of fused-ring (bicyclic) bond motifs is 1. The fourth-order valence-corrected chi connectivity index (χ4v) is 2.90. The van der Waals surface area contributed by atoms with Crippen LogP contribution in [0.4, 0.5) is 0 Å². The molecule has 0 radical (unpaired) electrons. The Bertz CT molecular complexity index is 767. The van der Waals surface area contributed by atoms with E-state index in [1.165, 1.54) is 11.1 Å². The lowest BCUT2D eigenvalue weighted by atomic mass is 10.00. The Labute approximate surface area is 129 Å². The monoisotopic (exact) mass is 291 g/mol. The second kappa shape index (κ2) is 5.73. The zero-order chi connectivity index (χ0) is 14.8. The largest absolute Gasteiger partial charge is 0.338 e. The van der Waals surface area contributed by atoms with Gasteiger partial charge in [-0.05, 0) is 17.5 Å². The highest BCUT2D eigenvalue weighted by molar-refractivity contribution is 5.53. The molecule has 22 heavy (non-hydrogen) atoms. The maximum atomic E-state index is 5.41. The molecule has 0 saturated heterocycles. The Morgan fingerprint density at radius 3 is 2.59 bits per heavy atom. The maximum Gasteiger partial charge on any atom is 0.241 e. The molecule has 3 aromatic rings. The molecule has 0 spiro atoms. The first-order chi connectivity index (χ1) is 10.9. The van der Waals surface area contributed by atoms with Gasteiger partial charge < -0.3 is 4.52 Å². The SMILES string of the molecule is c1ccc(-c2noc(CN3CCc4ccccc4C3)n2)cc1. The van der Waals surface area contributed by atoms with Crippen molar-refractivity contribution in [2.45, 2.75) is 19.5 Å². The van der Waals surface area contributed by atoms with Crippen molar-refractivity contribution in [3.63, 3.8) is 0 Å². The molecule has 0 N–H and O–H groups in total. The second-order valence-electron chi connectivity index (χ2n) is 5.61. The average molecular weight is 291 g/mol. The molecule has 0 bridgehead atoms. The third-order valence-corrected chi connectivity index (χ3v) is 4.07. The van der Waals surface area contributed by atoms with E-state index in [-0.39, 0.29) is 0 Å². The van der Waals surface area contributed by atoms with E-state index in [1.807, 2.05) is 30.3 Å². The van der Waals surface area contributed by atoms with Gasteiger partial charge in [0, 0.05) is 18.7 Å². The van der Waals surface area contributed by atoms with E-state index in [0.717, 1.165) is 25.1 Å². The topological polar surface area (TPSA) is 42.2 Å². The number of hydrogen-bond donors (Lipinski definition) is 0. The van der Waals surface area contributed by atoms with Gasteiger partial charge in [0.15, 0.2) is 0 Å². The first-order valence-electron chi connectivity index (χ1n) is 7.55. The molecule has 0 unspecified atom stereocenters. The minimum Gasteiger partial charge on any atom is -0.338 e. The fourth-order valence-electron chi connectivity index (χ4n) is 2.90. The maximum absolute atomic E-state index is 5.41. The van der Waals surface area contributed by atoms with Crippen molar-refractivity contribution in [1.82, 2.24) is 15.0 Å². The van der Waals surface area contributed by atoms with Gasteiger partial charge in [-0.15, -0.1) is 0 Å². The van der Waals surface area contributed by atoms with Gasteiger partial charge >= 0.3 is 0 Å². The quantitative estimate of drug-likeness (QED) is 0.742. The van der Waals surface area contributed by atoms with Gasteiger partial charge in [0.2, 0.25) is 11.7 Å². The van der Waals surface area contributed by atoms with Crippen LogP contribution in [0.15, 0.2) is 59.1 Å². The predicted molar refractivity (Wildman–Crippen MR) is 84.0 cm³/mol. The highest BCUT2D eigenvalue weighted by Crippen LogP contribution is 2.21. The minimum absolute atomic E-state index is 0.660. The highest BCUT2D eigenvalue weighted by atomic mass is 16.5. The summed E-state index contributed by atoms with van der Waals surface area (Å²) in [6, 6.07) is 18.5. The highest BCUT2D eigenvalue weighted by Gasteiger charge is 2.18. The summed E-state index contributed by atoms with van der Waals surface area (Å²) in [6.07, 6.45) is 1.08. The summed E-state index contributed by atoms with van der Waals surface area (Å²) in [5.41, 5.74) is 3.84. The summed E-state index contributed by atoms with van der Waals surface area (Å²) < 4.78 is 5.41. The van der Waals surface area contributed by atoms with Crippen LogP contribution >= 0.6 is 0 Å². The summed E-state index contributed by atoms with van der Waals surface area (Å²) in [5.74, 6) is 1.34. The number of aromatic nitrogens is 2. The van der Waals surface area contributed by atoms with Gasteiger partial charge in [-0.2, -0.15) is 4.98 Å². The lowest BCUT2D eigenvalue weighted by Crippen LogP contribution is -2.30. The molecule has 0 amide bonds. The molecular weight excluding hydrogens is 274 g/mol. The first-order valence-corrected chi connectivity index (χ1v) is 7.55. The van der Waals surface area contributed by atoms with E-state index >= 15 is 0 Å². The van der Waals surface area contributed by atoms with Crippen molar-refractivity contribution in [1.29, 1.82) is 0 Å². The molecule has 0 saturated carbocycles. The zero-order valence-electron chi connectivity index (χ0n) is 12.3. The molecule has 0 atom stereocenters. The normalized spacial score (nSPS) is 14.7. The molecule has 4 heteroatoms. The molecule has 4 nitrogen and oxygen atoms in total. The Hall–Kier alpha value is -2.46. The lowest BCUT2D eigenvalue weighted by molar-refractivity contribution is 0.210. The van der Waals surface area contributed by atoms with Gasteiger partial charge in [-0.25, -0.2) is 0 Å². The van der Waals surface area contributed by atoms with Crippen LogP contribution < -0.4 is 0 Å². The van der Waals surface area contributed by atoms with Crippen molar-refractivity contribution < 1.29 is 4.52 Å². The summed E-state index contributed by atoms with van der Waals surface area (Å²) in [5, 5.41) is 4.08. The third kappa shape index (κ3) is 2.65. The standard InChI is InChI=1S/C18H17N3O/c1-2-7-15(8-3-1)18-19-17(22-20-18)13-21-11-10-14-6-4-5-9-16(14)12-21/h1-9H,10-13H2. The van der Waals surface area contributed by atoms with E-state index in [2.05, 4.69) is 39.3 Å². The van der Waals surface area contributed by atoms with Crippen molar-refractivity contribution >= 4 is 0 Å². The predicted octanol–water partition coefficient (Wildman–Crippen LogP) is 3.29. The molecular formula is C18H17N3O. The van der Waals surface area contributed by atoms with Gasteiger partial charge in [-0.1, -0.05) is 59.8 Å². The fraction of sp³-hybridized carbons (Fsp3) is 0.222. The van der Waals surface area contributed by atoms with Crippen LogP contribution in [0.2, 0.25) is 0 Å². The van der Waals surface area contributed by atoms with Crippen LogP contribution in [0, 0.1) is 0 Å². The molecule has 1 aromatic heterocycles. The number of hydrogen-bond acceptors (Lipinski definition) is 4. The van der Waals surface area contributed by atoms with E-state index in [0.29, 0.717) is 18.3 Å². The number of rotatable bonds is 3. The van der Waals surface area contributed by atoms with Crippen LogP contribution in [-0.4, -0.2) is 21.6 Å². The Kier molecular flexibility index (Phi) is 3.45. The number of nitrogens with zero attached hydrogens (tertiary/aromatic N) is 3. The van der Waals surface area contributed by atoms with Crippen LogP contribution in [0.5, 0.6) is 0 Å². The van der Waals surface area contributed by atoms with Gasteiger partial charge in [0.25, 0.3) is 0 Å². The Morgan fingerprint density at radius 2 is 1.73 bits per heavy atom. The van der Waals surface area contributed by atoms with Gasteiger partial charge in [0.05, 0.1) is 6.54 Å². The first kappa shape index (κ1) is 13.2. The van der Waals surface area contributed by atoms with Crippen molar-refractivity contribution in [2.75, 3.05) is 6.54 Å². The van der Waals surface area contributed by atoms with Gasteiger partial charge in [-0.3, -0.25) is 4.90 Å². The summed E-state index contributed by atoms with van der Waals surface area (Å²) in [7, 11) is 0. The van der Waals surface area contributed by atoms with Crippen molar-refractivity contribution in [3.8, 4) is 11.4 Å². The van der Waals surface area contributed by atoms with Crippen molar-refractivity contribution in [3.05, 3.63) is 71.6 Å². The average Bonchev–Trinajstić information content (AvgIpc) is 3.04. The molecule has 0 aliphatic carbocycles. The van der Waals surface area contributed by atoms with Gasteiger partial charge in [0.1, 0.15) is 0 Å². The third-order valence-electron chi connectivity index (χ3n) is 4.07. The summed E-state index contributed by atoms with van der Waals surface area (Å²) in [4.78, 5) is 6.86. The van der Waals surface area contributed by atoms with Crippen LogP contribution in [0.3, 0.4) is 0 Å². The van der Waals surface area contributed by atoms with Crippen LogP contribution in [-0.2, 0) is 19.5 Å². The molecule has 2 heterocycles. The molecule has 1 aliphatic heterocycles. The summed E-state index contributed by atoms with van der Waals surface area (Å²) >= 11 is 0. The van der Waals surface area contributed by atoms with Crippen LogP contribution in [0.25, 0.3) is 11.4 Å². The number of benzene rings is 2. The van der Waals surface area contributed by atoms with E-state index in [4.69, 9.17) is 4.52 Å². The van der Waals surface area contributed by atoms with E-state index in [9.17, 15) is 0 Å². The zero-order valence-corrected chi connectivity index (χ0v) is 12.3. The van der Waals surface area contributed by atoms with E-state index in [1.54, 1.807) is 0 Å². The second-order valence-corrected chi connectivity index (χ2v) is 5.61. The molecule has 2 aromatic carbocycles.